The second-order valence-electron chi connectivity index (χ2n) is 3.88. The minimum atomic E-state index is -0.0751. The molecule has 15 heavy (non-hydrogen) atoms. The molecular formula is C10H21N3O2. The van der Waals surface area contributed by atoms with Crippen molar-refractivity contribution in [1.29, 1.82) is 0 Å². The summed E-state index contributed by atoms with van der Waals surface area (Å²) in [6.07, 6.45) is 0. The predicted molar refractivity (Wildman–Crippen MR) is 58.8 cm³/mol. The molecule has 0 bridgehead atoms. The molecule has 1 rings (SSSR count). The van der Waals surface area contributed by atoms with Crippen molar-refractivity contribution in [2.24, 2.45) is 0 Å². The van der Waals surface area contributed by atoms with Crippen molar-refractivity contribution >= 4 is 5.91 Å². The Kier molecular flexibility index (Phi) is 5.01. The van der Waals surface area contributed by atoms with E-state index < -0.39 is 0 Å². The first kappa shape index (κ1) is 12.4. The molecule has 0 saturated carbocycles. The molecule has 0 aromatic heterocycles. The van der Waals surface area contributed by atoms with Gasteiger partial charge in [0, 0.05) is 39.8 Å². The van der Waals surface area contributed by atoms with Crippen LogP contribution in [0.15, 0.2) is 0 Å². The smallest absolute Gasteiger partial charge is 0.238 e. The van der Waals surface area contributed by atoms with Crippen molar-refractivity contribution in [1.82, 2.24) is 15.5 Å². The Morgan fingerprint density at radius 2 is 2.47 bits per heavy atom. The van der Waals surface area contributed by atoms with Crippen LogP contribution in [0.25, 0.3) is 0 Å². The molecule has 0 aliphatic carbocycles. The molecule has 0 radical (unpaired) electrons. The highest BCUT2D eigenvalue weighted by Crippen LogP contribution is 2.09. The summed E-state index contributed by atoms with van der Waals surface area (Å²) in [5.74, 6) is 0.0742. The van der Waals surface area contributed by atoms with Crippen molar-refractivity contribution in [2.75, 3.05) is 40.4 Å². The Labute approximate surface area is 91.2 Å². The lowest BCUT2D eigenvalue weighted by atomic mass is 10.1. The van der Waals surface area contributed by atoms with Crippen LogP contribution < -0.4 is 10.6 Å². The largest absolute Gasteiger partial charge is 0.383 e. The van der Waals surface area contributed by atoms with Gasteiger partial charge in [0.1, 0.15) is 6.04 Å². The Morgan fingerprint density at radius 1 is 1.73 bits per heavy atom. The SMILES string of the molecule is CNC(=O)C1CNCCN1C(C)COC. The maximum atomic E-state index is 11.7. The van der Waals surface area contributed by atoms with E-state index in [9.17, 15) is 4.79 Å². The molecule has 0 aromatic carbocycles. The fourth-order valence-electron chi connectivity index (χ4n) is 1.99. The minimum absolute atomic E-state index is 0.0742. The highest BCUT2D eigenvalue weighted by Gasteiger charge is 2.30. The number of piperazine rings is 1. The number of hydrogen-bond acceptors (Lipinski definition) is 4. The molecular weight excluding hydrogens is 194 g/mol. The molecule has 1 amide bonds. The number of hydrogen-bond donors (Lipinski definition) is 2. The topological polar surface area (TPSA) is 53.6 Å². The fraction of sp³-hybridized carbons (Fsp3) is 0.900. The van der Waals surface area contributed by atoms with E-state index in [1.54, 1.807) is 14.2 Å². The van der Waals surface area contributed by atoms with Crippen LogP contribution in [0.5, 0.6) is 0 Å². The molecule has 1 aliphatic heterocycles. The van der Waals surface area contributed by atoms with Gasteiger partial charge in [0.25, 0.3) is 0 Å². The van der Waals surface area contributed by atoms with Crippen molar-refractivity contribution in [2.45, 2.75) is 19.0 Å². The van der Waals surface area contributed by atoms with Crippen molar-refractivity contribution < 1.29 is 9.53 Å². The van der Waals surface area contributed by atoms with Crippen LogP contribution >= 0.6 is 0 Å². The van der Waals surface area contributed by atoms with Gasteiger partial charge in [-0.3, -0.25) is 9.69 Å². The van der Waals surface area contributed by atoms with Gasteiger partial charge in [-0.2, -0.15) is 0 Å². The normalized spacial score (nSPS) is 24.9. The molecule has 1 fully saturated rings. The van der Waals surface area contributed by atoms with Crippen LogP contribution in [-0.2, 0) is 9.53 Å². The maximum Gasteiger partial charge on any atom is 0.238 e. The molecule has 2 unspecified atom stereocenters. The third kappa shape index (κ3) is 3.15. The lowest BCUT2D eigenvalue weighted by Gasteiger charge is -2.38. The van der Waals surface area contributed by atoms with E-state index in [-0.39, 0.29) is 18.0 Å². The summed E-state index contributed by atoms with van der Waals surface area (Å²) in [6.45, 7) is 5.29. The summed E-state index contributed by atoms with van der Waals surface area (Å²) in [5.41, 5.74) is 0. The number of likely N-dealkylation sites (N-methyl/N-ethyl adjacent to an activating group) is 1. The number of carbonyl (C=O) groups is 1. The standard InChI is InChI=1S/C10H21N3O2/c1-8(7-15-3)13-5-4-12-6-9(13)10(14)11-2/h8-9,12H,4-7H2,1-3H3,(H,11,14). The summed E-state index contributed by atoms with van der Waals surface area (Å²) in [4.78, 5) is 13.8. The summed E-state index contributed by atoms with van der Waals surface area (Å²) in [5, 5.41) is 5.93. The average Bonchev–Trinajstić information content (AvgIpc) is 2.28. The molecule has 2 atom stereocenters. The van der Waals surface area contributed by atoms with Crippen LogP contribution in [0, 0.1) is 0 Å². The van der Waals surface area contributed by atoms with Crippen molar-refractivity contribution in [3.05, 3.63) is 0 Å². The van der Waals surface area contributed by atoms with Gasteiger partial charge in [-0.05, 0) is 6.92 Å². The lowest BCUT2D eigenvalue weighted by Crippen LogP contribution is -2.60. The van der Waals surface area contributed by atoms with Crippen molar-refractivity contribution in [3.63, 3.8) is 0 Å². The molecule has 1 aliphatic rings. The minimum Gasteiger partial charge on any atom is -0.383 e. The highest BCUT2D eigenvalue weighted by molar-refractivity contribution is 5.81. The Morgan fingerprint density at radius 3 is 3.07 bits per heavy atom. The number of amides is 1. The first-order chi connectivity index (χ1) is 7.20. The van der Waals surface area contributed by atoms with E-state index in [0.29, 0.717) is 13.2 Å². The average molecular weight is 215 g/mol. The van der Waals surface area contributed by atoms with Crippen LogP contribution in [-0.4, -0.2) is 63.3 Å². The zero-order valence-corrected chi connectivity index (χ0v) is 9.75. The number of rotatable bonds is 4. The Balaban J connectivity index is 2.60. The summed E-state index contributed by atoms with van der Waals surface area (Å²) < 4.78 is 5.12. The third-order valence-corrected chi connectivity index (χ3v) is 2.81. The number of ether oxygens (including phenoxy) is 1. The number of nitrogens with one attached hydrogen (secondary N) is 2. The maximum absolute atomic E-state index is 11.7. The van der Waals surface area contributed by atoms with Gasteiger partial charge in [-0.25, -0.2) is 0 Å². The van der Waals surface area contributed by atoms with Gasteiger partial charge in [0.15, 0.2) is 0 Å². The molecule has 1 saturated heterocycles. The fourth-order valence-corrected chi connectivity index (χ4v) is 1.99. The molecule has 0 aromatic rings. The molecule has 0 spiro atoms. The summed E-state index contributed by atoms with van der Waals surface area (Å²) in [7, 11) is 3.36. The molecule has 5 heteroatoms. The van der Waals surface area contributed by atoms with E-state index in [4.69, 9.17) is 4.74 Å². The molecule has 1 heterocycles. The highest BCUT2D eigenvalue weighted by atomic mass is 16.5. The second-order valence-corrected chi connectivity index (χ2v) is 3.88. The van der Waals surface area contributed by atoms with Gasteiger partial charge in [0.05, 0.1) is 6.61 Å². The number of methoxy groups -OCH3 is 1. The van der Waals surface area contributed by atoms with E-state index in [2.05, 4.69) is 22.5 Å². The van der Waals surface area contributed by atoms with Gasteiger partial charge < -0.3 is 15.4 Å². The zero-order chi connectivity index (χ0) is 11.3. The third-order valence-electron chi connectivity index (χ3n) is 2.81. The Bertz CT molecular complexity index is 211. The van der Waals surface area contributed by atoms with Gasteiger partial charge in [-0.1, -0.05) is 0 Å². The van der Waals surface area contributed by atoms with Gasteiger partial charge >= 0.3 is 0 Å². The van der Waals surface area contributed by atoms with Crippen molar-refractivity contribution in [3.8, 4) is 0 Å². The van der Waals surface area contributed by atoms with E-state index in [1.165, 1.54) is 0 Å². The van der Waals surface area contributed by atoms with Gasteiger partial charge in [0.2, 0.25) is 5.91 Å². The second kappa shape index (κ2) is 6.05. The van der Waals surface area contributed by atoms with Crippen LogP contribution in [0.4, 0.5) is 0 Å². The number of carbonyl (C=O) groups excluding carboxylic acids is 1. The first-order valence-corrected chi connectivity index (χ1v) is 5.37. The van der Waals surface area contributed by atoms with E-state index >= 15 is 0 Å². The summed E-state index contributed by atoms with van der Waals surface area (Å²) >= 11 is 0. The zero-order valence-electron chi connectivity index (χ0n) is 9.75. The first-order valence-electron chi connectivity index (χ1n) is 5.37. The van der Waals surface area contributed by atoms with E-state index in [1.807, 2.05) is 0 Å². The van der Waals surface area contributed by atoms with Gasteiger partial charge in [-0.15, -0.1) is 0 Å². The lowest BCUT2D eigenvalue weighted by molar-refractivity contribution is -0.128. The quantitative estimate of drug-likeness (QED) is 0.634. The van der Waals surface area contributed by atoms with Crippen LogP contribution in [0.2, 0.25) is 0 Å². The summed E-state index contributed by atoms with van der Waals surface area (Å²) in [6, 6.07) is 0.202. The monoisotopic (exact) mass is 215 g/mol. The Hall–Kier alpha value is -0.650. The molecule has 5 nitrogen and oxygen atoms in total. The number of nitrogens with zero attached hydrogens (tertiary/aromatic N) is 1. The molecule has 2 N–H and O–H groups in total. The van der Waals surface area contributed by atoms with E-state index in [0.717, 1.165) is 13.1 Å². The molecule has 88 valence electrons. The van der Waals surface area contributed by atoms with Crippen LogP contribution in [0.3, 0.4) is 0 Å². The predicted octanol–water partition coefficient (Wildman–Crippen LogP) is -0.959. The van der Waals surface area contributed by atoms with Crippen LogP contribution in [0.1, 0.15) is 6.92 Å².